The van der Waals surface area contributed by atoms with Crippen LogP contribution in [0.2, 0.25) is 5.02 Å². The fraction of sp³-hybridized carbons (Fsp3) is 0.533. The Labute approximate surface area is 173 Å². The van der Waals surface area contributed by atoms with Gasteiger partial charge in [0.15, 0.2) is 19.7 Å². The number of nitrogens with zero attached hydrogens (tertiary/aromatic N) is 1. The molecule has 1 aromatic rings. The Bertz CT molecular complexity index is 1150. The first-order chi connectivity index (χ1) is 13.3. The standard InChI is InChI=1S/C15H19ClN2O8S3/c16-13-2-1-10(15(19)20)7-14(13)29(25,26)18(12-4-6-28(23,24)9-12)17-11-3-5-27(21,22)8-11/h1-2,7,11-12,17H,3-6,8-9H2,(H,19,20)/t11-,12-/m0/s1. The van der Waals surface area contributed by atoms with Crippen molar-refractivity contribution in [3.8, 4) is 0 Å². The number of halogens is 1. The zero-order chi connectivity index (χ0) is 21.6. The van der Waals surface area contributed by atoms with Crippen LogP contribution in [0.4, 0.5) is 0 Å². The predicted molar refractivity (Wildman–Crippen MR) is 105 cm³/mol. The number of nitrogens with one attached hydrogen (secondary N) is 1. The zero-order valence-corrected chi connectivity index (χ0v) is 18.2. The maximum atomic E-state index is 13.3. The Balaban J connectivity index is 2.03. The van der Waals surface area contributed by atoms with E-state index < -0.39 is 58.4 Å². The van der Waals surface area contributed by atoms with Gasteiger partial charge in [0.05, 0.1) is 39.6 Å². The van der Waals surface area contributed by atoms with Gasteiger partial charge in [0.1, 0.15) is 4.90 Å². The van der Waals surface area contributed by atoms with Crippen LogP contribution in [0.15, 0.2) is 23.1 Å². The SMILES string of the molecule is O=C(O)c1ccc(Cl)c(S(=O)(=O)N(N[C@H]2CCS(=O)(=O)C2)[C@H]2CCS(=O)(=O)C2)c1. The molecule has 0 spiro atoms. The van der Waals surface area contributed by atoms with Crippen molar-refractivity contribution in [1.82, 2.24) is 9.84 Å². The zero-order valence-electron chi connectivity index (χ0n) is 15.0. The second-order valence-corrected chi connectivity index (χ2v) is 13.7. The molecule has 0 unspecified atom stereocenters. The molecular weight excluding hydrogens is 468 g/mol. The lowest BCUT2D eigenvalue weighted by molar-refractivity contribution is 0.0696. The van der Waals surface area contributed by atoms with Crippen molar-refractivity contribution in [3.63, 3.8) is 0 Å². The van der Waals surface area contributed by atoms with Crippen molar-refractivity contribution in [2.75, 3.05) is 23.0 Å². The highest BCUT2D eigenvalue weighted by Gasteiger charge is 2.42. The summed E-state index contributed by atoms with van der Waals surface area (Å²) in [6.45, 7) is 0. The van der Waals surface area contributed by atoms with Crippen molar-refractivity contribution >= 4 is 47.3 Å². The summed E-state index contributed by atoms with van der Waals surface area (Å²) in [6.07, 6.45) is 0.182. The van der Waals surface area contributed by atoms with Gasteiger partial charge in [0.25, 0.3) is 10.0 Å². The van der Waals surface area contributed by atoms with E-state index in [0.29, 0.717) is 0 Å². The van der Waals surface area contributed by atoms with Crippen LogP contribution in [0, 0.1) is 0 Å². The minimum absolute atomic E-state index is 0.0181. The topological polar surface area (TPSA) is 155 Å². The van der Waals surface area contributed by atoms with Gasteiger partial charge in [0, 0.05) is 6.04 Å². The largest absolute Gasteiger partial charge is 0.478 e. The van der Waals surface area contributed by atoms with E-state index in [1.165, 1.54) is 0 Å². The van der Waals surface area contributed by atoms with E-state index >= 15 is 0 Å². The van der Waals surface area contributed by atoms with Gasteiger partial charge in [-0.15, -0.1) is 4.41 Å². The molecule has 1 aromatic carbocycles. The van der Waals surface area contributed by atoms with E-state index in [1.54, 1.807) is 0 Å². The van der Waals surface area contributed by atoms with Gasteiger partial charge in [-0.05, 0) is 31.0 Å². The number of sulfone groups is 2. The highest BCUT2D eigenvalue weighted by atomic mass is 35.5. The Morgan fingerprint density at radius 3 is 2.24 bits per heavy atom. The first-order valence-corrected chi connectivity index (χ1v) is 14.0. The van der Waals surface area contributed by atoms with Crippen molar-refractivity contribution in [2.45, 2.75) is 29.8 Å². The number of rotatable bonds is 6. The van der Waals surface area contributed by atoms with Crippen LogP contribution in [0.1, 0.15) is 23.2 Å². The summed E-state index contributed by atoms with van der Waals surface area (Å²) < 4.78 is 74.7. The minimum Gasteiger partial charge on any atom is -0.478 e. The molecule has 29 heavy (non-hydrogen) atoms. The third kappa shape index (κ3) is 4.91. The normalized spacial score (nSPS) is 26.0. The maximum Gasteiger partial charge on any atom is 0.335 e. The van der Waals surface area contributed by atoms with Gasteiger partial charge in [-0.2, -0.15) is 0 Å². The Kier molecular flexibility index (Phi) is 6.02. The van der Waals surface area contributed by atoms with Crippen molar-refractivity contribution in [2.24, 2.45) is 0 Å². The first-order valence-electron chi connectivity index (χ1n) is 8.55. The van der Waals surface area contributed by atoms with Crippen LogP contribution in [0.3, 0.4) is 0 Å². The number of carboxylic acid groups (broad SMARTS) is 1. The Morgan fingerprint density at radius 1 is 1.10 bits per heavy atom. The highest BCUT2D eigenvalue weighted by molar-refractivity contribution is 7.92. The lowest BCUT2D eigenvalue weighted by atomic mass is 10.2. The number of carboxylic acids is 1. The van der Waals surface area contributed by atoms with E-state index in [1.807, 2.05) is 0 Å². The van der Waals surface area contributed by atoms with E-state index in [2.05, 4.69) is 5.43 Å². The molecule has 2 atom stereocenters. The number of benzene rings is 1. The smallest absolute Gasteiger partial charge is 0.335 e. The molecule has 0 radical (unpaired) electrons. The number of hydrogen-bond donors (Lipinski definition) is 2. The molecule has 0 saturated carbocycles. The lowest BCUT2D eigenvalue weighted by Crippen LogP contribution is -2.54. The van der Waals surface area contributed by atoms with E-state index in [0.717, 1.165) is 22.6 Å². The fourth-order valence-electron chi connectivity index (χ4n) is 3.35. The van der Waals surface area contributed by atoms with Crippen LogP contribution in [0.5, 0.6) is 0 Å². The summed E-state index contributed by atoms with van der Waals surface area (Å²) in [4.78, 5) is 10.7. The average Bonchev–Trinajstić information content (AvgIpc) is 3.13. The molecule has 2 fully saturated rings. The van der Waals surface area contributed by atoms with Crippen molar-refractivity contribution in [1.29, 1.82) is 0 Å². The Morgan fingerprint density at radius 2 is 1.72 bits per heavy atom. The summed E-state index contributed by atoms with van der Waals surface area (Å²) in [5, 5.41) is 8.92. The molecule has 2 heterocycles. The molecule has 0 amide bonds. The maximum absolute atomic E-state index is 13.3. The van der Waals surface area contributed by atoms with Crippen LogP contribution in [-0.4, -0.2) is 75.8 Å². The number of sulfonamides is 1. The summed E-state index contributed by atoms with van der Waals surface area (Å²) in [6, 6.07) is 1.47. The molecule has 14 heteroatoms. The molecule has 2 N–H and O–H groups in total. The highest BCUT2D eigenvalue weighted by Crippen LogP contribution is 2.30. The minimum atomic E-state index is -4.48. The van der Waals surface area contributed by atoms with Crippen LogP contribution >= 0.6 is 11.6 Å². The van der Waals surface area contributed by atoms with Gasteiger partial charge in [-0.1, -0.05) is 11.6 Å². The predicted octanol–water partition coefficient (Wildman–Crippen LogP) is -0.0923. The molecule has 10 nitrogen and oxygen atoms in total. The molecule has 3 rings (SSSR count). The lowest BCUT2D eigenvalue weighted by Gasteiger charge is -2.30. The molecule has 0 aromatic heterocycles. The molecular formula is C15H19ClN2O8S3. The van der Waals surface area contributed by atoms with Gasteiger partial charge < -0.3 is 5.11 Å². The van der Waals surface area contributed by atoms with Crippen LogP contribution in [-0.2, 0) is 29.7 Å². The number of hydrogen-bond acceptors (Lipinski definition) is 8. The summed E-state index contributed by atoms with van der Waals surface area (Å²) >= 11 is 6.01. The van der Waals surface area contributed by atoms with E-state index in [4.69, 9.17) is 16.7 Å². The third-order valence-electron chi connectivity index (χ3n) is 4.80. The van der Waals surface area contributed by atoms with Crippen molar-refractivity contribution in [3.05, 3.63) is 28.8 Å². The summed E-state index contributed by atoms with van der Waals surface area (Å²) in [5.41, 5.74) is 2.35. The van der Waals surface area contributed by atoms with Gasteiger partial charge >= 0.3 is 5.97 Å². The second-order valence-electron chi connectivity index (χ2n) is 7.04. The molecule has 2 saturated heterocycles. The van der Waals surface area contributed by atoms with E-state index in [9.17, 15) is 30.0 Å². The second kappa shape index (κ2) is 7.78. The number of hydrazine groups is 1. The van der Waals surface area contributed by atoms with Crippen LogP contribution in [0.25, 0.3) is 0 Å². The first kappa shape index (κ1) is 22.4. The van der Waals surface area contributed by atoms with Gasteiger partial charge in [-0.25, -0.2) is 35.5 Å². The number of carbonyl (C=O) groups is 1. The average molecular weight is 487 g/mol. The molecule has 2 aliphatic heterocycles. The Hall–Kier alpha value is -1.25. The summed E-state index contributed by atoms with van der Waals surface area (Å²) in [5.74, 6) is -2.41. The molecule has 162 valence electrons. The third-order valence-corrected chi connectivity index (χ3v) is 10.6. The summed E-state index contributed by atoms with van der Waals surface area (Å²) in [7, 11) is -11.3. The molecule has 0 aliphatic carbocycles. The monoisotopic (exact) mass is 486 g/mol. The van der Waals surface area contributed by atoms with Gasteiger partial charge in [-0.3, -0.25) is 0 Å². The number of aromatic carboxylic acids is 1. The van der Waals surface area contributed by atoms with Crippen LogP contribution < -0.4 is 5.43 Å². The van der Waals surface area contributed by atoms with Gasteiger partial charge in [0.2, 0.25) is 0 Å². The van der Waals surface area contributed by atoms with Crippen molar-refractivity contribution < 1.29 is 35.2 Å². The fourth-order valence-corrected chi connectivity index (χ4v) is 8.88. The molecule has 2 aliphatic rings. The van der Waals surface area contributed by atoms with E-state index in [-0.39, 0.29) is 40.7 Å². The quantitative estimate of drug-likeness (QED) is 0.524. The molecule has 0 bridgehead atoms.